The zero-order chi connectivity index (χ0) is 12.9. The standard InChI is InChI=1S/C12H17O4P/c1-10-6-4-5-7-11(10)8-12(13)9-17(14,15-2)16-3/h4-7H,8-9H2,1-3H3. The maximum absolute atomic E-state index is 11.8. The molecule has 1 rings (SSSR count). The van der Waals surface area contributed by atoms with Crippen LogP contribution in [0.3, 0.4) is 0 Å². The summed E-state index contributed by atoms with van der Waals surface area (Å²) in [6, 6.07) is 7.62. The molecule has 0 bridgehead atoms. The van der Waals surface area contributed by atoms with E-state index in [1.165, 1.54) is 14.2 Å². The van der Waals surface area contributed by atoms with Gasteiger partial charge in [0, 0.05) is 20.6 Å². The molecule has 0 heterocycles. The smallest absolute Gasteiger partial charge is 0.312 e. The molecule has 0 N–H and O–H groups in total. The average molecular weight is 256 g/mol. The number of ketones is 1. The van der Waals surface area contributed by atoms with Gasteiger partial charge in [0.05, 0.1) is 0 Å². The molecule has 0 spiro atoms. The van der Waals surface area contributed by atoms with Crippen LogP contribution in [0.4, 0.5) is 0 Å². The van der Waals surface area contributed by atoms with Gasteiger partial charge in [-0.2, -0.15) is 0 Å². The summed E-state index contributed by atoms with van der Waals surface area (Å²) in [6.45, 7) is 1.94. The van der Waals surface area contributed by atoms with E-state index in [9.17, 15) is 9.36 Å². The first-order chi connectivity index (χ1) is 8.00. The first-order valence-electron chi connectivity index (χ1n) is 5.27. The SMILES string of the molecule is COP(=O)(CC(=O)Cc1ccccc1C)OC. The van der Waals surface area contributed by atoms with Crippen LogP contribution >= 0.6 is 7.60 Å². The summed E-state index contributed by atoms with van der Waals surface area (Å²) in [5.74, 6) is -0.147. The van der Waals surface area contributed by atoms with Crippen molar-refractivity contribution >= 4 is 13.4 Å². The number of Topliss-reactive ketones (excluding diaryl/α,β-unsaturated/α-hetero) is 1. The van der Waals surface area contributed by atoms with Crippen molar-refractivity contribution in [2.24, 2.45) is 0 Å². The van der Waals surface area contributed by atoms with Crippen LogP contribution in [0.2, 0.25) is 0 Å². The third-order valence-corrected chi connectivity index (χ3v) is 4.43. The molecule has 0 aliphatic carbocycles. The van der Waals surface area contributed by atoms with Crippen LogP contribution in [-0.2, 0) is 24.8 Å². The minimum absolute atomic E-state index is 0.147. The normalized spacial score (nSPS) is 11.5. The molecule has 94 valence electrons. The number of rotatable bonds is 6. The summed E-state index contributed by atoms with van der Waals surface area (Å²) in [6.07, 6.45) is 0.0672. The Morgan fingerprint density at radius 3 is 2.35 bits per heavy atom. The van der Waals surface area contributed by atoms with Gasteiger partial charge in [-0.05, 0) is 18.1 Å². The van der Waals surface area contributed by atoms with Crippen LogP contribution in [0.25, 0.3) is 0 Å². The van der Waals surface area contributed by atoms with Crippen LogP contribution in [0.5, 0.6) is 0 Å². The van der Waals surface area contributed by atoms with Gasteiger partial charge in [-0.3, -0.25) is 9.36 Å². The van der Waals surface area contributed by atoms with Crippen molar-refractivity contribution in [3.63, 3.8) is 0 Å². The van der Waals surface area contributed by atoms with Gasteiger partial charge in [-0.1, -0.05) is 24.3 Å². The Morgan fingerprint density at radius 1 is 1.24 bits per heavy atom. The van der Waals surface area contributed by atoms with Gasteiger partial charge in [0.25, 0.3) is 0 Å². The van der Waals surface area contributed by atoms with Gasteiger partial charge in [-0.25, -0.2) is 0 Å². The van der Waals surface area contributed by atoms with Gasteiger partial charge in [0.2, 0.25) is 0 Å². The van der Waals surface area contributed by atoms with Crippen LogP contribution in [0.15, 0.2) is 24.3 Å². The molecule has 0 atom stereocenters. The van der Waals surface area contributed by atoms with Gasteiger partial charge in [0.1, 0.15) is 11.9 Å². The Balaban J connectivity index is 2.68. The zero-order valence-electron chi connectivity index (χ0n) is 10.3. The molecule has 0 aliphatic heterocycles. The van der Waals surface area contributed by atoms with Gasteiger partial charge in [0.15, 0.2) is 0 Å². The number of hydrogen-bond acceptors (Lipinski definition) is 4. The molecule has 0 amide bonds. The highest BCUT2D eigenvalue weighted by Crippen LogP contribution is 2.46. The highest BCUT2D eigenvalue weighted by molar-refractivity contribution is 7.54. The highest BCUT2D eigenvalue weighted by atomic mass is 31.2. The molecular formula is C12H17O4P. The number of hydrogen-bond donors (Lipinski definition) is 0. The van der Waals surface area contributed by atoms with Gasteiger partial charge < -0.3 is 9.05 Å². The van der Waals surface area contributed by atoms with Crippen molar-refractivity contribution < 1.29 is 18.4 Å². The lowest BCUT2D eigenvalue weighted by Gasteiger charge is -2.12. The monoisotopic (exact) mass is 256 g/mol. The van der Waals surface area contributed by atoms with E-state index >= 15 is 0 Å². The van der Waals surface area contributed by atoms with Crippen LogP contribution in [0, 0.1) is 6.92 Å². The number of benzene rings is 1. The molecular weight excluding hydrogens is 239 g/mol. The molecule has 0 fully saturated rings. The first kappa shape index (κ1) is 14.1. The van der Waals surface area contributed by atoms with E-state index < -0.39 is 7.60 Å². The molecule has 5 heteroatoms. The van der Waals surface area contributed by atoms with Crippen LogP contribution in [-0.4, -0.2) is 26.2 Å². The van der Waals surface area contributed by atoms with E-state index in [4.69, 9.17) is 9.05 Å². The van der Waals surface area contributed by atoms with E-state index in [-0.39, 0.29) is 18.4 Å². The summed E-state index contributed by atoms with van der Waals surface area (Å²) in [5.41, 5.74) is 1.99. The molecule has 0 aromatic heterocycles. The van der Waals surface area contributed by atoms with E-state index in [2.05, 4.69) is 0 Å². The summed E-state index contributed by atoms with van der Waals surface area (Å²) in [4.78, 5) is 11.8. The van der Waals surface area contributed by atoms with E-state index in [1.807, 2.05) is 31.2 Å². The van der Waals surface area contributed by atoms with Gasteiger partial charge >= 0.3 is 7.60 Å². The Kier molecular flexibility index (Phi) is 5.06. The van der Waals surface area contributed by atoms with Crippen molar-refractivity contribution in [2.45, 2.75) is 13.3 Å². The van der Waals surface area contributed by atoms with E-state index in [1.54, 1.807) is 0 Å². The van der Waals surface area contributed by atoms with Crippen molar-refractivity contribution in [1.29, 1.82) is 0 Å². The lowest BCUT2D eigenvalue weighted by molar-refractivity contribution is -0.116. The Hall–Kier alpha value is -0.960. The maximum atomic E-state index is 11.8. The van der Waals surface area contributed by atoms with Crippen molar-refractivity contribution in [2.75, 3.05) is 20.4 Å². The predicted octanol–water partition coefficient (Wildman–Crippen LogP) is 2.59. The number of carbonyl (C=O) groups is 1. The fourth-order valence-electron chi connectivity index (χ4n) is 1.50. The summed E-state index contributed by atoms with van der Waals surface area (Å²) >= 11 is 0. The topological polar surface area (TPSA) is 52.6 Å². The number of carbonyl (C=O) groups excluding carboxylic acids is 1. The molecule has 0 radical (unpaired) electrons. The van der Waals surface area contributed by atoms with Crippen molar-refractivity contribution in [3.8, 4) is 0 Å². The summed E-state index contributed by atoms with van der Waals surface area (Å²) < 4.78 is 21.2. The molecule has 17 heavy (non-hydrogen) atoms. The van der Waals surface area contributed by atoms with E-state index in [0.29, 0.717) is 0 Å². The summed E-state index contributed by atoms with van der Waals surface area (Å²) in [5, 5.41) is 0. The number of aryl methyl sites for hydroxylation is 1. The molecule has 0 aliphatic rings. The molecule has 4 nitrogen and oxygen atoms in total. The first-order valence-corrected chi connectivity index (χ1v) is 7.00. The fraction of sp³-hybridized carbons (Fsp3) is 0.417. The molecule has 0 saturated heterocycles. The quantitative estimate of drug-likeness (QED) is 0.734. The molecule has 1 aromatic rings. The van der Waals surface area contributed by atoms with Crippen LogP contribution < -0.4 is 0 Å². The van der Waals surface area contributed by atoms with Crippen LogP contribution in [0.1, 0.15) is 11.1 Å². The minimum Gasteiger partial charge on any atom is -0.312 e. The van der Waals surface area contributed by atoms with Crippen molar-refractivity contribution in [1.82, 2.24) is 0 Å². The van der Waals surface area contributed by atoms with Gasteiger partial charge in [-0.15, -0.1) is 0 Å². The minimum atomic E-state index is -3.24. The largest absolute Gasteiger partial charge is 0.337 e. The second kappa shape index (κ2) is 6.10. The second-order valence-electron chi connectivity index (χ2n) is 3.78. The average Bonchev–Trinajstić information content (AvgIpc) is 2.32. The molecule has 0 saturated carbocycles. The van der Waals surface area contributed by atoms with E-state index in [0.717, 1.165) is 11.1 Å². The Labute approximate surface area is 101 Å². The third-order valence-electron chi connectivity index (χ3n) is 2.58. The molecule has 1 aromatic carbocycles. The molecule has 0 unspecified atom stereocenters. The lowest BCUT2D eigenvalue weighted by Crippen LogP contribution is -2.11. The second-order valence-corrected chi connectivity index (χ2v) is 6.04. The van der Waals surface area contributed by atoms with Crippen molar-refractivity contribution in [3.05, 3.63) is 35.4 Å². The lowest BCUT2D eigenvalue weighted by atomic mass is 10.0. The third kappa shape index (κ3) is 4.08. The zero-order valence-corrected chi connectivity index (χ0v) is 11.2. The Bertz CT molecular complexity index is 434. The highest BCUT2D eigenvalue weighted by Gasteiger charge is 2.25. The predicted molar refractivity (Wildman–Crippen MR) is 66.4 cm³/mol. The Morgan fingerprint density at radius 2 is 1.82 bits per heavy atom. The maximum Gasteiger partial charge on any atom is 0.337 e. The fourth-order valence-corrected chi connectivity index (χ4v) is 2.45. The summed E-state index contributed by atoms with van der Waals surface area (Å²) in [7, 11) is -0.673.